The van der Waals surface area contributed by atoms with Crippen LogP contribution in [0.2, 0.25) is 0 Å². The van der Waals surface area contributed by atoms with Crippen LogP contribution in [0.5, 0.6) is 11.5 Å². The zero-order chi connectivity index (χ0) is 19.6. The van der Waals surface area contributed by atoms with Crippen molar-refractivity contribution < 1.29 is 27.4 Å². The number of alkyl halides is 3. The predicted molar refractivity (Wildman–Crippen MR) is 90.9 cm³/mol. The number of rotatable bonds is 5. The maximum absolute atomic E-state index is 12.8. The molecule has 6 nitrogen and oxygen atoms in total. The van der Waals surface area contributed by atoms with Crippen molar-refractivity contribution in [3.8, 4) is 11.5 Å². The number of methoxy groups -OCH3 is 2. The molecule has 3 rings (SSSR count). The van der Waals surface area contributed by atoms with Gasteiger partial charge in [-0.1, -0.05) is 0 Å². The fraction of sp³-hybridized carbons (Fsp3) is 0.222. The molecule has 0 spiro atoms. The molecule has 0 bridgehead atoms. The molecule has 0 radical (unpaired) electrons. The number of halogens is 3. The van der Waals surface area contributed by atoms with Crippen LogP contribution in [0.4, 0.5) is 13.2 Å². The lowest BCUT2D eigenvalue weighted by Crippen LogP contribution is -2.23. The first-order valence-corrected chi connectivity index (χ1v) is 7.86. The summed E-state index contributed by atoms with van der Waals surface area (Å²) in [5.41, 5.74) is 0.341. The van der Waals surface area contributed by atoms with Crippen molar-refractivity contribution in [1.29, 1.82) is 0 Å². The van der Waals surface area contributed by atoms with Gasteiger partial charge in [-0.15, -0.1) is 0 Å². The molecule has 3 aromatic rings. The molecule has 0 atom stereocenters. The minimum absolute atomic E-state index is 0.0569. The Morgan fingerprint density at radius 3 is 2.37 bits per heavy atom. The number of hydrogen-bond acceptors (Lipinski definition) is 4. The number of nitrogens with one attached hydrogen (secondary N) is 1. The summed E-state index contributed by atoms with van der Waals surface area (Å²) in [6.45, 7) is 0.0569. The number of carbonyl (C=O) groups is 1. The fourth-order valence-corrected chi connectivity index (χ4v) is 2.51. The molecule has 1 N–H and O–H groups in total. The van der Waals surface area contributed by atoms with Crippen LogP contribution in [0.3, 0.4) is 0 Å². The van der Waals surface area contributed by atoms with Gasteiger partial charge in [0.25, 0.3) is 5.91 Å². The minimum atomic E-state index is -4.43. The molecule has 0 aliphatic rings. The lowest BCUT2D eigenvalue weighted by molar-refractivity contribution is -0.137. The largest absolute Gasteiger partial charge is 0.497 e. The van der Waals surface area contributed by atoms with Crippen molar-refractivity contribution >= 4 is 11.6 Å². The normalized spacial score (nSPS) is 11.4. The Morgan fingerprint density at radius 2 is 1.78 bits per heavy atom. The highest BCUT2D eigenvalue weighted by molar-refractivity contribution is 5.95. The van der Waals surface area contributed by atoms with E-state index in [1.54, 1.807) is 18.2 Å². The second kappa shape index (κ2) is 7.18. The zero-order valence-corrected chi connectivity index (χ0v) is 14.5. The molecule has 142 valence electrons. The lowest BCUT2D eigenvalue weighted by Gasteiger charge is -2.08. The molecular weight excluding hydrogens is 363 g/mol. The number of fused-ring (bicyclic) bond motifs is 1. The topological polar surface area (TPSA) is 64.9 Å². The molecular formula is C18H16F3N3O3. The van der Waals surface area contributed by atoms with E-state index in [1.165, 1.54) is 30.9 Å². The van der Waals surface area contributed by atoms with Gasteiger partial charge in [-0.05, 0) is 24.3 Å². The minimum Gasteiger partial charge on any atom is -0.497 e. The molecule has 1 aromatic carbocycles. The van der Waals surface area contributed by atoms with E-state index < -0.39 is 11.7 Å². The molecule has 1 amide bonds. The van der Waals surface area contributed by atoms with Crippen LogP contribution in [-0.2, 0) is 12.7 Å². The monoisotopic (exact) mass is 379 g/mol. The fourth-order valence-electron chi connectivity index (χ4n) is 2.51. The summed E-state index contributed by atoms with van der Waals surface area (Å²) < 4.78 is 49.8. The van der Waals surface area contributed by atoms with E-state index in [9.17, 15) is 18.0 Å². The quantitative estimate of drug-likeness (QED) is 0.739. The number of amides is 1. The molecule has 0 saturated carbocycles. The molecule has 27 heavy (non-hydrogen) atoms. The molecule has 9 heteroatoms. The second-order valence-corrected chi connectivity index (χ2v) is 5.70. The summed E-state index contributed by atoms with van der Waals surface area (Å²) in [5, 5.41) is 2.68. The molecule has 0 fully saturated rings. The van der Waals surface area contributed by atoms with E-state index in [-0.39, 0.29) is 12.5 Å². The first kappa shape index (κ1) is 18.6. The summed E-state index contributed by atoms with van der Waals surface area (Å²) >= 11 is 0. The predicted octanol–water partition coefficient (Wildman–Crippen LogP) is 3.30. The van der Waals surface area contributed by atoms with Gasteiger partial charge in [-0.25, -0.2) is 4.98 Å². The van der Waals surface area contributed by atoms with E-state index in [0.29, 0.717) is 28.4 Å². The van der Waals surface area contributed by atoms with Gasteiger partial charge in [-0.2, -0.15) is 13.2 Å². The third-order valence-electron chi connectivity index (χ3n) is 3.87. The molecule has 2 heterocycles. The zero-order valence-electron chi connectivity index (χ0n) is 14.5. The molecule has 0 unspecified atom stereocenters. The highest BCUT2D eigenvalue weighted by atomic mass is 19.4. The highest BCUT2D eigenvalue weighted by Gasteiger charge is 2.30. The van der Waals surface area contributed by atoms with Crippen molar-refractivity contribution in [1.82, 2.24) is 14.7 Å². The maximum Gasteiger partial charge on any atom is 0.417 e. The third kappa shape index (κ3) is 4.13. The number of benzene rings is 1. The van der Waals surface area contributed by atoms with Crippen LogP contribution >= 0.6 is 0 Å². The van der Waals surface area contributed by atoms with Crippen molar-refractivity contribution in [2.45, 2.75) is 12.7 Å². The summed E-state index contributed by atoms with van der Waals surface area (Å²) in [4.78, 5) is 16.5. The number of carbonyl (C=O) groups excluding carboxylic acids is 1. The van der Waals surface area contributed by atoms with Gasteiger partial charge < -0.3 is 19.2 Å². The average Bonchev–Trinajstić information content (AvgIpc) is 3.07. The van der Waals surface area contributed by atoms with Crippen LogP contribution in [0, 0.1) is 0 Å². The molecule has 2 aromatic heterocycles. The third-order valence-corrected chi connectivity index (χ3v) is 3.87. The number of pyridine rings is 1. The van der Waals surface area contributed by atoms with Gasteiger partial charge in [-0.3, -0.25) is 4.79 Å². The standard InChI is InChI=1S/C18H16F3N3O3/c1-26-14-5-11(6-15(7-14)27-2)17(25)22-8-13-10-24-9-12(18(19,20)21)3-4-16(24)23-13/h3-7,9-10H,8H2,1-2H3,(H,22,25). The number of ether oxygens (including phenoxy) is 2. The van der Waals surface area contributed by atoms with E-state index >= 15 is 0 Å². The molecule has 0 aliphatic heterocycles. The summed E-state index contributed by atoms with van der Waals surface area (Å²) in [6.07, 6.45) is -2.03. The van der Waals surface area contributed by atoms with Crippen LogP contribution < -0.4 is 14.8 Å². The number of nitrogens with zero attached hydrogens (tertiary/aromatic N) is 2. The van der Waals surface area contributed by atoms with Gasteiger partial charge in [0.15, 0.2) is 0 Å². The van der Waals surface area contributed by atoms with Gasteiger partial charge >= 0.3 is 6.18 Å². The SMILES string of the molecule is COc1cc(OC)cc(C(=O)NCc2cn3cc(C(F)(F)F)ccc3n2)c1. The lowest BCUT2D eigenvalue weighted by atomic mass is 10.2. The highest BCUT2D eigenvalue weighted by Crippen LogP contribution is 2.29. The van der Waals surface area contributed by atoms with Gasteiger partial charge in [0, 0.05) is 24.0 Å². The number of aromatic nitrogens is 2. The first-order valence-electron chi connectivity index (χ1n) is 7.86. The van der Waals surface area contributed by atoms with Crippen LogP contribution in [-0.4, -0.2) is 29.5 Å². The van der Waals surface area contributed by atoms with E-state index in [0.717, 1.165) is 12.3 Å². The van der Waals surface area contributed by atoms with Crippen LogP contribution in [0.25, 0.3) is 5.65 Å². The average molecular weight is 379 g/mol. The maximum atomic E-state index is 12.8. The Labute approximate surface area is 152 Å². The van der Waals surface area contributed by atoms with Crippen molar-refractivity contribution in [3.63, 3.8) is 0 Å². The van der Waals surface area contributed by atoms with Crippen molar-refractivity contribution in [3.05, 3.63) is 59.5 Å². The van der Waals surface area contributed by atoms with Crippen molar-refractivity contribution in [2.24, 2.45) is 0 Å². The Balaban J connectivity index is 1.75. The van der Waals surface area contributed by atoms with E-state index in [2.05, 4.69) is 10.3 Å². The first-order chi connectivity index (χ1) is 12.8. The van der Waals surface area contributed by atoms with Crippen LogP contribution in [0.15, 0.2) is 42.7 Å². The summed E-state index contributed by atoms with van der Waals surface area (Å²) in [7, 11) is 2.95. The Kier molecular flexibility index (Phi) is 4.93. The number of imidazole rings is 1. The Morgan fingerprint density at radius 1 is 1.11 bits per heavy atom. The second-order valence-electron chi connectivity index (χ2n) is 5.70. The summed E-state index contributed by atoms with van der Waals surface area (Å²) in [5.74, 6) is 0.541. The summed E-state index contributed by atoms with van der Waals surface area (Å²) in [6, 6.07) is 6.99. The number of hydrogen-bond donors (Lipinski definition) is 1. The van der Waals surface area contributed by atoms with Gasteiger partial charge in [0.2, 0.25) is 0 Å². The van der Waals surface area contributed by atoms with Gasteiger partial charge in [0.1, 0.15) is 17.1 Å². The van der Waals surface area contributed by atoms with E-state index in [1.807, 2.05) is 0 Å². The van der Waals surface area contributed by atoms with Crippen molar-refractivity contribution in [2.75, 3.05) is 14.2 Å². The Bertz CT molecular complexity index is 961. The molecule has 0 aliphatic carbocycles. The molecule has 0 saturated heterocycles. The Hall–Kier alpha value is -3.23. The van der Waals surface area contributed by atoms with E-state index in [4.69, 9.17) is 9.47 Å². The van der Waals surface area contributed by atoms with Crippen LogP contribution in [0.1, 0.15) is 21.6 Å². The van der Waals surface area contributed by atoms with Gasteiger partial charge in [0.05, 0.1) is 32.0 Å². The smallest absolute Gasteiger partial charge is 0.417 e.